The molecule has 7 rings (SSSR count). The predicted molar refractivity (Wildman–Crippen MR) is 166 cm³/mol. The molecule has 0 radical (unpaired) electrons. The summed E-state index contributed by atoms with van der Waals surface area (Å²) in [5.74, 6) is -1.73. The molecule has 0 unspecified atom stereocenters. The van der Waals surface area contributed by atoms with Crippen molar-refractivity contribution < 1.29 is 23.1 Å². The Bertz CT molecular complexity index is 1750. The van der Waals surface area contributed by atoms with E-state index < -0.39 is 12.1 Å². The van der Waals surface area contributed by atoms with Crippen LogP contribution in [-0.2, 0) is 11.8 Å². The predicted octanol–water partition coefficient (Wildman–Crippen LogP) is 5.09. The van der Waals surface area contributed by atoms with Gasteiger partial charge in [-0.25, -0.2) is 4.79 Å². The number of aliphatic carboxylic acids is 1. The molecule has 1 aliphatic carbocycles. The Morgan fingerprint density at radius 3 is 2.38 bits per heavy atom. The molecule has 0 atom stereocenters. The van der Waals surface area contributed by atoms with E-state index in [1.54, 1.807) is 0 Å². The number of nitrogens with one attached hydrogen (secondary N) is 2. The molecule has 1 aromatic carbocycles. The molecule has 45 heavy (non-hydrogen) atoms. The summed E-state index contributed by atoms with van der Waals surface area (Å²) >= 11 is 7.11. The molecule has 11 nitrogen and oxygen atoms in total. The van der Waals surface area contributed by atoms with Crippen LogP contribution in [0.2, 0.25) is 5.02 Å². The van der Waals surface area contributed by atoms with E-state index in [9.17, 15) is 13.2 Å². The number of carboxylic acid groups (broad SMARTS) is 1. The zero-order valence-electron chi connectivity index (χ0n) is 25.8. The molecule has 0 bridgehead atoms. The summed E-state index contributed by atoms with van der Waals surface area (Å²) < 4.78 is 35.9. The summed E-state index contributed by atoms with van der Waals surface area (Å²) in [5.41, 5.74) is 6.89. The number of anilines is 2. The number of alkyl halides is 3. The monoisotopic (exact) mass is 647 g/mol. The maximum atomic E-state index is 10.6. The van der Waals surface area contributed by atoms with Crippen molar-refractivity contribution in [2.24, 2.45) is 12.5 Å². The molecular formula is C30H37ClF3N9O2. The molecular weight excluding hydrogens is 611 g/mol. The molecule has 2 saturated heterocycles. The van der Waals surface area contributed by atoms with E-state index in [2.05, 4.69) is 75.1 Å². The van der Waals surface area contributed by atoms with Gasteiger partial charge in [0.25, 0.3) is 0 Å². The first kappa shape index (κ1) is 31.2. The van der Waals surface area contributed by atoms with Gasteiger partial charge in [0.2, 0.25) is 0 Å². The van der Waals surface area contributed by atoms with E-state index in [0.717, 1.165) is 76.8 Å². The third kappa shape index (κ3) is 5.51. The smallest absolute Gasteiger partial charge is 0.475 e. The van der Waals surface area contributed by atoms with Gasteiger partial charge in [0.15, 0.2) is 5.82 Å². The topological polar surface area (TPSA) is 120 Å². The largest absolute Gasteiger partial charge is 0.490 e. The zero-order chi connectivity index (χ0) is 32.5. The minimum absolute atomic E-state index is 0.154. The number of carboxylic acids is 1. The van der Waals surface area contributed by atoms with Gasteiger partial charge in [-0.15, -0.1) is 0 Å². The second kappa shape index (κ2) is 10.9. The summed E-state index contributed by atoms with van der Waals surface area (Å²) in [4.78, 5) is 13.8. The lowest BCUT2D eigenvalue weighted by Gasteiger charge is -2.54. The average molecular weight is 648 g/mol. The lowest BCUT2D eigenvalue weighted by molar-refractivity contribution is -0.192. The second-order valence-electron chi connectivity index (χ2n) is 13.2. The third-order valence-electron chi connectivity index (χ3n) is 9.39. The van der Waals surface area contributed by atoms with E-state index >= 15 is 0 Å². The van der Waals surface area contributed by atoms with Gasteiger partial charge >= 0.3 is 12.1 Å². The maximum absolute atomic E-state index is 10.6. The SMILES string of the molecule is Cc1cc2[nH]ncc2c(-c2c(N3CCN(c4cnn(C)c4)CC3(C)C)nn(C3CC4(CNC4)C3)c2C)c1Cl.O=C(O)C(F)(F)F. The van der Waals surface area contributed by atoms with Gasteiger partial charge in [-0.1, -0.05) is 11.6 Å². The highest BCUT2D eigenvalue weighted by molar-refractivity contribution is 6.36. The standard InChI is InChI=1S/C28H36ClN9.C2HF3O2/c1-17-8-22-21(12-31-33-22)24(25(17)29)23-18(2)38(19-9-28(10-19)14-30-15-28)34-26(23)37-7-6-36(16-27(37,3)4)20-11-32-35(5)13-20;3-2(4,5)1(6)7/h8,11-13,19,30H,6-7,9-10,14-16H2,1-5H3,(H,31,33);(H,6,7). The zero-order valence-corrected chi connectivity index (χ0v) is 26.6. The minimum Gasteiger partial charge on any atom is -0.475 e. The van der Waals surface area contributed by atoms with Crippen molar-refractivity contribution in [3.8, 4) is 11.1 Å². The normalized spacial score (nSPS) is 19.3. The van der Waals surface area contributed by atoms with Crippen LogP contribution in [0.15, 0.2) is 24.7 Å². The third-order valence-corrected chi connectivity index (χ3v) is 9.87. The van der Waals surface area contributed by atoms with Crippen LogP contribution in [0.25, 0.3) is 22.0 Å². The van der Waals surface area contributed by atoms with Crippen LogP contribution in [0.5, 0.6) is 0 Å². The fourth-order valence-electron chi connectivity index (χ4n) is 7.01. The summed E-state index contributed by atoms with van der Waals surface area (Å²) in [6.45, 7) is 13.8. The number of carbonyl (C=O) groups is 1. The summed E-state index contributed by atoms with van der Waals surface area (Å²) in [7, 11) is 1.97. The molecule has 5 heterocycles. The van der Waals surface area contributed by atoms with Gasteiger partial charge in [-0.2, -0.15) is 28.5 Å². The number of aromatic nitrogens is 6. The molecule has 242 valence electrons. The van der Waals surface area contributed by atoms with Crippen LogP contribution in [0.3, 0.4) is 0 Å². The van der Waals surface area contributed by atoms with Gasteiger partial charge in [0, 0.05) is 68.2 Å². The summed E-state index contributed by atoms with van der Waals surface area (Å²) in [6, 6.07) is 2.51. The van der Waals surface area contributed by atoms with Crippen LogP contribution >= 0.6 is 11.6 Å². The molecule has 3 N–H and O–H groups in total. The van der Waals surface area contributed by atoms with Crippen LogP contribution in [0, 0.1) is 19.3 Å². The number of aromatic amines is 1. The molecule has 4 aromatic rings. The Morgan fingerprint density at radius 1 is 1.13 bits per heavy atom. The average Bonchev–Trinajstić information content (AvgIpc) is 3.62. The number of hydrogen-bond acceptors (Lipinski definition) is 7. The lowest BCUT2D eigenvalue weighted by Crippen LogP contribution is -2.60. The van der Waals surface area contributed by atoms with Gasteiger partial charge in [-0.05, 0) is 57.6 Å². The Morgan fingerprint density at radius 2 is 1.82 bits per heavy atom. The Kier molecular flexibility index (Phi) is 7.58. The maximum Gasteiger partial charge on any atom is 0.490 e. The molecule has 3 aromatic heterocycles. The Balaban J connectivity index is 0.000000460. The van der Waals surface area contributed by atoms with Gasteiger partial charge in [-0.3, -0.25) is 14.5 Å². The van der Waals surface area contributed by atoms with E-state index in [1.165, 1.54) is 18.5 Å². The minimum atomic E-state index is -5.08. The molecule has 0 amide bonds. The fourth-order valence-corrected chi connectivity index (χ4v) is 7.26. The Labute approximate surface area is 263 Å². The van der Waals surface area contributed by atoms with Crippen LogP contribution < -0.4 is 15.1 Å². The number of halogens is 4. The highest BCUT2D eigenvalue weighted by atomic mass is 35.5. The number of hydrogen-bond donors (Lipinski definition) is 3. The summed E-state index contributed by atoms with van der Waals surface area (Å²) in [6.07, 6.45) is 3.24. The second-order valence-corrected chi connectivity index (χ2v) is 13.5. The van der Waals surface area contributed by atoms with Gasteiger partial charge in [0.05, 0.1) is 40.2 Å². The molecule has 1 spiro atoms. The highest BCUT2D eigenvalue weighted by Gasteiger charge is 2.50. The van der Waals surface area contributed by atoms with E-state index in [-0.39, 0.29) is 5.54 Å². The number of benzene rings is 1. The van der Waals surface area contributed by atoms with E-state index in [1.807, 2.05) is 24.1 Å². The van der Waals surface area contributed by atoms with Crippen LogP contribution in [-0.4, -0.2) is 85.3 Å². The lowest BCUT2D eigenvalue weighted by atomic mass is 9.61. The highest BCUT2D eigenvalue weighted by Crippen LogP contribution is 2.53. The number of aryl methyl sites for hydroxylation is 2. The first-order chi connectivity index (χ1) is 21.1. The number of nitrogens with zero attached hydrogens (tertiary/aromatic N) is 7. The van der Waals surface area contributed by atoms with Crippen molar-refractivity contribution in [3.05, 3.63) is 40.9 Å². The molecule has 2 aliphatic heterocycles. The van der Waals surface area contributed by atoms with Gasteiger partial charge in [0.1, 0.15) is 0 Å². The van der Waals surface area contributed by atoms with Crippen LogP contribution in [0.1, 0.15) is 44.0 Å². The van der Waals surface area contributed by atoms with E-state index in [0.29, 0.717) is 11.5 Å². The van der Waals surface area contributed by atoms with Crippen molar-refractivity contribution in [3.63, 3.8) is 0 Å². The molecule has 3 aliphatic rings. The fraction of sp³-hybridized carbons (Fsp3) is 0.533. The first-order valence-electron chi connectivity index (χ1n) is 14.8. The molecule has 15 heteroatoms. The van der Waals surface area contributed by atoms with Crippen molar-refractivity contribution >= 4 is 40.0 Å². The van der Waals surface area contributed by atoms with E-state index in [4.69, 9.17) is 26.6 Å². The van der Waals surface area contributed by atoms with Gasteiger partial charge < -0.3 is 20.2 Å². The quantitative estimate of drug-likeness (QED) is 0.280. The summed E-state index contributed by atoms with van der Waals surface area (Å²) in [5, 5.41) is 29.8. The number of H-pyrrole nitrogens is 1. The number of piperazine rings is 1. The van der Waals surface area contributed by atoms with Crippen molar-refractivity contribution in [2.45, 2.75) is 58.3 Å². The first-order valence-corrected chi connectivity index (χ1v) is 15.2. The molecule has 3 fully saturated rings. The molecule has 1 saturated carbocycles. The number of rotatable bonds is 4. The number of fused-ring (bicyclic) bond motifs is 1. The van der Waals surface area contributed by atoms with Crippen molar-refractivity contribution in [2.75, 3.05) is 42.5 Å². The van der Waals surface area contributed by atoms with Crippen LogP contribution in [0.4, 0.5) is 24.7 Å². The van der Waals surface area contributed by atoms with Crippen molar-refractivity contribution in [1.82, 2.24) is 35.1 Å². The van der Waals surface area contributed by atoms with Crippen molar-refractivity contribution in [1.29, 1.82) is 0 Å². The Hall–Kier alpha value is -3.78.